The van der Waals surface area contributed by atoms with Gasteiger partial charge in [0.25, 0.3) is 0 Å². The van der Waals surface area contributed by atoms with Gasteiger partial charge in [0, 0.05) is 12.6 Å². The highest BCUT2D eigenvalue weighted by Crippen LogP contribution is 2.26. The lowest BCUT2D eigenvalue weighted by atomic mass is 9.84. The maximum Gasteiger partial charge on any atom is 0.315 e. The number of carbonyl (C=O) groups excluding carboxylic acids is 1. The van der Waals surface area contributed by atoms with Gasteiger partial charge in [-0.3, -0.25) is 4.79 Å². The van der Waals surface area contributed by atoms with Crippen molar-refractivity contribution in [3.05, 3.63) is 0 Å². The number of aliphatic carboxylic acids is 1. The number of carbonyl (C=O) groups is 2. The number of hydrogen-bond acceptors (Lipinski definition) is 2. The van der Waals surface area contributed by atoms with Gasteiger partial charge >= 0.3 is 12.0 Å². The fourth-order valence-corrected chi connectivity index (χ4v) is 2.39. The standard InChI is InChI=1S/C14H26N2O3/c1-10(11-7-5-4-6-8-11)16-13(19)15-9-14(2,3)12(17)18/h10-11H,4-9H2,1-3H3,(H,17,18)(H2,15,16,19). The van der Waals surface area contributed by atoms with Crippen LogP contribution in [0.15, 0.2) is 0 Å². The summed E-state index contributed by atoms with van der Waals surface area (Å²) < 4.78 is 0. The van der Waals surface area contributed by atoms with E-state index in [4.69, 9.17) is 5.11 Å². The molecule has 0 heterocycles. The monoisotopic (exact) mass is 270 g/mol. The van der Waals surface area contributed by atoms with E-state index in [1.165, 1.54) is 32.1 Å². The highest BCUT2D eigenvalue weighted by Gasteiger charge is 2.28. The van der Waals surface area contributed by atoms with E-state index in [1.807, 2.05) is 6.92 Å². The number of carboxylic acids is 1. The summed E-state index contributed by atoms with van der Waals surface area (Å²) in [7, 11) is 0. The van der Waals surface area contributed by atoms with Gasteiger partial charge in [-0.15, -0.1) is 0 Å². The van der Waals surface area contributed by atoms with Crippen molar-refractivity contribution >= 4 is 12.0 Å². The first-order chi connectivity index (χ1) is 8.83. The molecule has 5 nitrogen and oxygen atoms in total. The van der Waals surface area contributed by atoms with Crippen molar-refractivity contribution in [1.82, 2.24) is 10.6 Å². The van der Waals surface area contributed by atoms with Crippen molar-refractivity contribution in [2.24, 2.45) is 11.3 Å². The molecule has 0 bridgehead atoms. The minimum atomic E-state index is -0.939. The van der Waals surface area contributed by atoms with Gasteiger partial charge in [0.2, 0.25) is 0 Å². The molecule has 1 aliphatic carbocycles. The largest absolute Gasteiger partial charge is 0.481 e. The molecule has 1 fully saturated rings. The van der Waals surface area contributed by atoms with E-state index >= 15 is 0 Å². The van der Waals surface area contributed by atoms with Crippen molar-refractivity contribution in [2.45, 2.75) is 58.9 Å². The lowest BCUT2D eigenvalue weighted by Crippen LogP contribution is -2.48. The van der Waals surface area contributed by atoms with Crippen LogP contribution in [0, 0.1) is 11.3 Å². The summed E-state index contributed by atoms with van der Waals surface area (Å²) >= 11 is 0. The number of rotatable bonds is 5. The summed E-state index contributed by atoms with van der Waals surface area (Å²) in [5, 5.41) is 14.5. The number of carboxylic acid groups (broad SMARTS) is 1. The molecule has 0 spiro atoms. The van der Waals surface area contributed by atoms with E-state index in [0.29, 0.717) is 5.92 Å². The Morgan fingerprint density at radius 3 is 2.37 bits per heavy atom. The predicted octanol–water partition coefficient (Wildman–Crippen LogP) is 2.37. The van der Waals surface area contributed by atoms with Crippen LogP contribution in [0.5, 0.6) is 0 Å². The van der Waals surface area contributed by atoms with E-state index < -0.39 is 11.4 Å². The quantitative estimate of drug-likeness (QED) is 0.717. The highest BCUT2D eigenvalue weighted by molar-refractivity contribution is 5.77. The molecule has 1 rings (SSSR count). The molecule has 3 N–H and O–H groups in total. The molecule has 1 aliphatic rings. The van der Waals surface area contributed by atoms with Crippen LogP contribution in [-0.2, 0) is 4.79 Å². The number of amides is 2. The Bertz CT molecular complexity index is 323. The van der Waals surface area contributed by atoms with Crippen molar-refractivity contribution in [1.29, 1.82) is 0 Å². The Morgan fingerprint density at radius 2 is 1.84 bits per heavy atom. The zero-order valence-electron chi connectivity index (χ0n) is 12.2. The first kappa shape index (κ1) is 15.8. The van der Waals surface area contributed by atoms with Gasteiger partial charge in [-0.25, -0.2) is 4.79 Å². The second-order valence-corrected chi connectivity index (χ2v) is 6.20. The number of urea groups is 1. The maximum absolute atomic E-state index is 11.8. The molecule has 0 aliphatic heterocycles. The summed E-state index contributed by atoms with van der Waals surface area (Å²) in [6.45, 7) is 5.35. The highest BCUT2D eigenvalue weighted by atomic mass is 16.4. The zero-order valence-corrected chi connectivity index (χ0v) is 12.2. The third-order valence-electron chi connectivity index (χ3n) is 3.99. The lowest BCUT2D eigenvalue weighted by Gasteiger charge is -2.28. The van der Waals surface area contributed by atoms with Gasteiger partial charge in [0.15, 0.2) is 0 Å². The molecular formula is C14H26N2O3. The van der Waals surface area contributed by atoms with Gasteiger partial charge in [0.05, 0.1) is 5.41 Å². The normalized spacial score (nSPS) is 18.7. The van der Waals surface area contributed by atoms with E-state index in [0.717, 1.165) is 0 Å². The van der Waals surface area contributed by atoms with Gasteiger partial charge in [-0.05, 0) is 39.5 Å². The van der Waals surface area contributed by atoms with Crippen LogP contribution in [0.1, 0.15) is 52.9 Å². The summed E-state index contributed by atoms with van der Waals surface area (Å²) in [4.78, 5) is 22.7. The Morgan fingerprint density at radius 1 is 1.26 bits per heavy atom. The summed E-state index contributed by atoms with van der Waals surface area (Å²) in [6.07, 6.45) is 6.11. The SMILES string of the molecule is CC(NC(=O)NCC(C)(C)C(=O)O)C1CCCCC1. The van der Waals surface area contributed by atoms with Crippen molar-refractivity contribution in [3.63, 3.8) is 0 Å². The molecule has 0 aromatic carbocycles. The molecule has 110 valence electrons. The molecule has 0 saturated heterocycles. The molecule has 1 unspecified atom stereocenters. The fourth-order valence-electron chi connectivity index (χ4n) is 2.39. The Balaban J connectivity index is 2.32. The lowest BCUT2D eigenvalue weighted by molar-refractivity contribution is -0.146. The van der Waals surface area contributed by atoms with Crippen LogP contribution in [0.25, 0.3) is 0 Å². The van der Waals surface area contributed by atoms with Crippen LogP contribution in [0.2, 0.25) is 0 Å². The molecular weight excluding hydrogens is 244 g/mol. The average Bonchev–Trinajstić information content (AvgIpc) is 2.37. The molecule has 1 atom stereocenters. The van der Waals surface area contributed by atoms with Gasteiger partial charge in [-0.2, -0.15) is 0 Å². The van der Waals surface area contributed by atoms with Gasteiger partial charge in [-0.1, -0.05) is 19.3 Å². The van der Waals surface area contributed by atoms with Crippen LogP contribution in [-0.4, -0.2) is 29.7 Å². The van der Waals surface area contributed by atoms with E-state index in [2.05, 4.69) is 10.6 Å². The van der Waals surface area contributed by atoms with E-state index in [-0.39, 0.29) is 18.6 Å². The smallest absolute Gasteiger partial charge is 0.315 e. The zero-order chi connectivity index (χ0) is 14.5. The molecule has 0 aromatic rings. The summed E-state index contributed by atoms with van der Waals surface area (Å²) in [6, 6.07) is -0.124. The maximum atomic E-state index is 11.8. The number of nitrogens with one attached hydrogen (secondary N) is 2. The first-order valence-corrected chi connectivity index (χ1v) is 7.10. The fraction of sp³-hybridized carbons (Fsp3) is 0.857. The van der Waals surface area contributed by atoms with E-state index in [9.17, 15) is 9.59 Å². The van der Waals surface area contributed by atoms with Crippen LogP contribution in [0.4, 0.5) is 4.79 Å². The van der Waals surface area contributed by atoms with Crippen molar-refractivity contribution < 1.29 is 14.7 Å². The van der Waals surface area contributed by atoms with Crippen LogP contribution < -0.4 is 10.6 Å². The summed E-state index contributed by atoms with van der Waals surface area (Å²) in [5.41, 5.74) is -0.939. The predicted molar refractivity (Wildman–Crippen MR) is 74.0 cm³/mol. The molecule has 0 radical (unpaired) electrons. The van der Waals surface area contributed by atoms with Crippen molar-refractivity contribution in [2.75, 3.05) is 6.54 Å². The van der Waals surface area contributed by atoms with Gasteiger partial charge in [0.1, 0.15) is 0 Å². The second-order valence-electron chi connectivity index (χ2n) is 6.20. The molecule has 0 aromatic heterocycles. The molecule has 1 saturated carbocycles. The van der Waals surface area contributed by atoms with Crippen LogP contribution in [0.3, 0.4) is 0 Å². The Kier molecular flexibility index (Phi) is 5.63. The minimum absolute atomic E-state index is 0.131. The summed E-state index contributed by atoms with van der Waals surface area (Å²) in [5.74, 6) is -0.361. The molecule has 2 amide bonds. The topological polar surface area (TPSA) is 78.4 Å². The Hall–Kier alpha value is -1.26. The average molecular weight is 270 g/mol. The third kappa shape index (κ3) is 5.09. The first-order valence-electron chi connectivity index (χ1n) is 7.10. The minimum Gasteiger partial charge on any atom is -0.481 e. The molecule has 5 heteroatoms. The Labute approximate surface area is 115 Å². The van der Waals surface area contributed by atoms with Gasteiger partial charge < -0.3 is 15.7 Å². The number of hydrogen-bond donors (Lipinski definition) is 3. The van der Waals surface area contributed by atoms with Crippen LogP contribution >= 0.6 is 0 Å². The molecule has 19 heavy (non-hydrogen) atoms. The second kappa shape index (κ2) is 6.78. The third-order valence-corrected chi connectivity index (χ3v) is 3.99. The van der Waals surface area contributed by atoms with Crippen molar-refractivity contribution in [3.8, 4) is 0 Å². The van der Waals surface area contributed by atoms with E-state index in [1.54, 1.807) is 13.8 Å².